The van der Waals surface area contributed by atoms with Crippen LogP contribution < -0.4 is 4.90 Å². The van der Waals surface area contributed by atoms with Crippen LogP contribution in [0, 0.1) is 0 Å². The summed E-state index contributed by atoms with van der Waals surface area (Å²) in [6.07, 6.45) is 1.45. The van der Waals surface area contributed by atoms with Crippen LogP contribution in [0.15, 0.2) is 18.3 Å². The van der Waals surface area contributed by atoms with Crippen molar-refractivity contribution in [2.24, 2.45) is 0 Å². The zero-order chi connectivity index (χ0) is 13.8. The van der Waals surface area contributed by atoms with Gasteiger partial charge < -0.3 is 19.5 Å². The largest absolute Gasteiger partial charge is 0.480 e. The molecule has 0 spiro atoms. The minimum absolute atomic E-state index is 0.116. The molecule has 0 aromatic carbocycles. The van der Waals surface area contributed by atoms with Gasteiger partial charge in [-0.15, -0.1) is 0 Å². The minimum Gasteiger partial charge on any atom is -0.480 e. The van der Waals surface area contributed by atoms with Crippen LogP contribution in [0.3, 0.4) is 0 Å². The van der Waals surface area contributed by atoms with Gasteiger partial charge in [0.05, 0.1) is 20.3 Å². The number of methoxy groups -OCH3 is 1. The molecule has 0 bridgehead atoms. The van der Waals surface area contributed by atoms with Crippen LogP contribution in [0.5, 0.6) is 0 Å². The lowest BCUT2D eigenvalue weighted by Gasteiger charge is -2.34. The number of morpholine rings is 1. The Labute approximate surface area is 109 Å². The summed E-state index contributed by atoms with van der Waals surface area (Å²) in [5, 5.41) is 9.17. The van der Waals surface area contributed by atoms with E-state index >= 15 is 0 Å². The first-order valence-corrected chi connectivity index (χ1v) is 5.75. The Morgan fingerprint density at radius 2 is 2.37 bits per heavy atom. The number of carboxylic acid groups (broad SMARTS) is 1. The van der Waals surface area contributed by atoms with Gasteiger partial charge >= 0.3 is 11.9 Å². The number of aromatic nitrogens is 1. The van der Waals surface area contributed by atoms with Crippen LogP contribution in [0.25, 0.3) is 0 Å². The summed E-state index contributed by atoms with van der Waals surface area (Å²) in [4.78, 5) is 28.2. The maximum Gasteiger partial charge on any atom is 0.356 e. The van der Waals surface area contributed by atoms with E-state index in [4.69, 9.17) is 9.84 Å². The van der Waals surface area contributed by atoms with Gasteiger partial charge in [0.2, 0.25) is 0 Å². The van der Waals surface area contributed by atoms with E-state index in [0.29, 0.717) is 18.8 Å². The summed E-state index contributed by atoms with van der Waals surface area (Å²) in [7, 11) is 1.27. The van der Waals surface area contributed by atoms with Gasteiger partial charge in [-0.05, 0) is 12.1 Å². The molecule has 0 amide bonds. The third kappa shape index (κ3) is 2.82. The van der Waals surface area contributed by atoms with Gasteiger partial charge in [0.25, 0.3) is 0 Å². The second-order valence-corrected chi connectivity index (χ2v) is 4.01. The molecule has 1 unspecified atom stereocenters. The Morgan fingerprint density at radius 1 is 1.58 bits per heavy atom. The van der Waals surface area contributed by atoms with Gasteiger partial charge in [-0.1, -0.05) is 0 Å². The molecule has 1 fully saturated rings. The highest BCUT2D eigenvalue weighted by atomic mass is 16.5. The lowest BCUT2D eigenvalue weighted by atomic mass is 10.2. The molecule has 1 aliphatic rings. The van der Waals surface area contributed by atoms with Crippen molar-refractivity contribution in [3.8, 4) is 0 Å². The average molecular weight is 266 g/mol. The maximum atomic E-state index is 11.4. The first-order chi connectivity index (χ1) is 9.13. The summed E-state index contributed by atoms with van der Waals surface area (Å²) >= 11 is 0. The SMILES string of the molecule is COC(=O)c1cc(N2CCOCC2C(=O)O)ccn1. The monoisotopic (exact) mass is 266 g/mol. The number of ether oxygens (including phenoxy) is 2. The van der Waals surface area contributed by atoms with Crippen LogP contribution in [-0.2, 0) is 14.3 Å². The number of aliphatic carboxylic acids is 1. The molecule has 19 heavy (non-hydrogen) atoms. The number of pyridine rings is 1. The van der Waals surface area contributed by atoms with Gasteiger partial charge in [-0.3, -0.25) is 0 Å². The molecule has 1 aromatic heterocycles. The van der Waals surface area contributed by atoms with Crippen LogP contribution in [0.2, 0.25) is 0 Å². The molecule has 0 radical (unpaired) electrons. The minimum atomic E-state index is -0.962. The third-order valence-electron chi connectivity index (χ3n) is 2.88. The zero-order valence-electron chi connectivity index (χ0n) is 10.4. The second-order valence-electron chi connectivity index (χ2n) is 4.01. The second kappa shape index (κ2) is 5.66. The van der Waals surface area contributed by atoms with Crippen LogP contribution >= 0.6 is 0 Å². The number of anilines is 1. The maximum absolute atomic E-state index is 11.4. The molecule has 7 heteroatoms. The summed E-state index contributed by atoms with van der Waals surface area (Å²) in [6, 6.07) is 2.42. The molecule has 0 aliphatic carbocycles. The number of carbonyl (C=O) groups excluding carboxylic acids is 1. The molecule has 1 N–H and O–H groups in total. The Bertz CT molecular complexity index is 491. The number of carbonyl (C=O) groups is 2. The van der Waals surface area contributed by atoms with E-state index in [1.807, 2.05) is 0 Å². The highest BCUT2D eigenvalue weighted by molar-refractivity contribution is 5.88. The Morgan fingerprint density at radius 3 is 3.05 bits per heavy atom. The van der Waals surface area contributed by atoms with Crippen molar-refractivity contribution in [2.45, 2.75) is 6.04 Å². The van der Waals surface area contributed by atoms with E-state index in [0.717, 1.165) is 0 Å². The molecule has 2 rings (SSSR count). The zero-order valence-corrected chi connectivity index (χ0v) is 10.4. The van der Waals surface area contributed by atoms with Crippen molar-refractivity contribution in [1.82, 2.24) is 4.98 Å². The van der Waals surface area contributed by atoms with Crippen molar-refractivity contribution in [3.63, 3.8) is 0 Å². The van der Waals surface area contributed by atoms with Crippen LogP contribution in [0.4, 0.5) is 5.69 Å². The first-order valence-electron chi connectivity index (χ1n) is 5.75. The summed E-state index contributed by atoms with van der Waals surface area (Å²) in [5.74, 6) is -1.52. The van der Waals surface area contributed by atoms with Gasteiger partial charge in [0, 0.05) is 18.4 Å². The van der Waals surface area contributed by atoms with Crippen molar-refractivity contribution >= 4 is 17.6 Å². The van der Waals surface area contributed by atoms with E-state index in [2.05, 4.69) is 9.72 Å². The van der Waals surface area contributed by atoms with Gasteiger partial charge in [0.15, 0.2) is 6.04 Å². The molecule has 7 nitrogen and oxygen atoms in total. The number of hydrogen-bond acceptors (Lipinski definition) is 6. The molecule has 0 saturated carbocycles. The van der Waals surface area contributed by atoms with Crippen molar-refractivity contribution in [1.29, 1.82) is 0 Å². The lowest BCUT2D eigenvalue weighted by Crippen LogP contribution is -2.50. The Balaban J connectivity index is 2.29. The number of nitrogens with zero attached hydrogens (tertiary/aromatic N) is 2. The van der Waals surface area contributed by atoms with Gasteiger partial charge in [-0.2, -0.15) is 0 Å². The number of hydrogen-bond donors (Lipinski definition) is 1. The Kier molecular flexibility index (Phi) is 3.96. The van der Waals surface area contributed by atoms with E-state index in [1.165, 1.54) is 19.4 Å². The smallest absolute Gasteiger partial charge is 0.356 e. The fourth-order valence-corrected chi connectivity index (χ4v) is 1.93. The van der Waals surface area contributed by atoms with Crippen molar-refractivity contribution in [3.05, 3.63) is 24.0 Å². The predicted octanol–water partition coefficient (Wildman–Crippen LogP) is 0.158. The van der Waals surface area contributed by atoms with Gasteiger partial charge in [0.1, 0.15) is 5.69 Å². The van der Waals surface area contributed by atoms with Crippen LogP contribution in [0.1, 0.15) is 10.5 Å². The highest BCUT2D eigenvalue weighted by Gasteiger charge is 2.29. The molecule has 1 aromatic rings. The third-order valence-corrected chi connectivity index (χ3v) is 2.88. The normalized spacial score (nSPS) is 19.0. The molecule has 1 atom stereocenters. The summed E-state index contributed by atoms with van der Waals surface area (Å²) in [6.45, 7) is 1.01. The van der Waals surface area contributed by atoms with Gasteiger partial charge in [-0.25, -0.2) is 14.6 Å². The lowest BCUT2D eigenvalue weighted by molar-refractivity contribution is -0.141. The molecule has 2 heterocycles. The first kappa shape index (κ1) is 13.3. The standard InChI is InChI=1S/C12H14N2O5/c1-18-12(17)9-6-8(2-3-13-9)14-4-5-19-7-10(14)11(15)16/h2-3,6,10H,4-5,7H2,1H3,(H,15,16). The van der Waals surface area contributed by atoms with Crippen LogP contribution in [-0.4, -0.2) is 54.9 Å². The van der Waals surface area contributed by atoms with E-state index < -0.39 is 18.0 Å². The van der Waals surface area contributed by atoms with E-state index in [1.54, 1.807) is 11.0 Å². The molecule has 102 valence electrons. The van der Waals surface area contributed by atoms with E-state index in [-0.39, 0.29) is 12.3 Å². The fraction of sp³-hybridized carbons (Fsp3) is 0.417. The van der Waals surface area contributed by atoms with Crippen molar-refractivity contribution in [2.75, 3.05) is 31.8 Å². The molecule has 1 saturated heterocycles. The van der Waals surface area contributed by atoms with E-state index in [9.17, 15) is 9.59 Å². The van der Waals surface area contributed by atoms with Crippen molar-refractivity contribution < 1.29 is 24.2 Å². The summed E-state index contributed by atoms with van der Waals surface area (Å²) < 4.78 is 9.76. The quantitative estimate of drug-likeness (QED) is 0.779. The number of rotatable bonds is 3. The molecular weight excluding hydrogens is 252 g/mol. The number of carboxylic acids is 1. The highest BCUT2D eigenvalue weighted by Crippen LogP contribution is 2.20. The average Bonchev–Trinajstić information content (AvgIpc) is 2.46. The topological polar surface area (TPSA) is 89.0 Å². The Hall–Kier alpha value is -2.15. The summed E-state index contributed by atoms with van der Waals surface area (Å²) in [5.41, 5.74) is 0.765. The molecular formula is C12H14N2O5. The molecule has 1 aliphatic heterocycles. The number of esters is 1. The fourth-order valence-electron chi connectivity index (χ4n) is 1.93. The predicted molar refractivity (Wildman–Crippen MR) is 65.2 cm³/mol.